The first kappa shape index (κ1) is 33.1. The van der Waals surface area contributed by atoms with Gasteiger partial charge in [0.2, 0.25) is 0 Å². The topological polar surface area (TPSA) is 82.4 Å². The molecule has 1 heterocycles. The van der Waals surface area contributed by atoms with Crippen LogP contribution in [0.1, 0.15) is 52.4 Å². The molecule has 0 atom stereocenters. The van der Waals surface area contributed by atoms with E-state index in [0.29, 0.717) is 4.13 Å². The number of rotatable bonds is 10. The van der Waals surface area contributed by atoms with Gasteiger partial charge in [0.15, 0.2) is 20.0 Å². The van der Waals surface area contributed by atoms with Gasteiger partial charge in [-0.1, -0.05) is 26.7 Å². The lowest BCUT2D eigenvalue weighted by Gasteiger charge is -2.34. The summed E-state index contributed by atoms with van der Waals surface area (Å²) in [5.41, 5.74) is 0. The van der Waals surface area contributed by atoms with Crippen LogP contribution in [-0.4, -0.2) is 70.4 Å². The van der Waals surface area contributed by atoms with Crippen LogP contribution < -0.4 is 0 Å². The molecule has 1 fully saturated rings. The highest BCUT2D eigenvalue weighted by Crippen LogP contribution is 2.47. The summed E-state index contributed by atoms with van der Waals surface area (Å²) in [7, 11) is -15.2. The highest BCUT2D eigenvalue weighted by Gasteiger charge is 2.68. The number of likely N-dealkylation sites (tertiary alicyclic amines) is 1. The van der Waals surface area contributed by atoms with Crippen molar-refractivity contribution in [3.8, 4) is 0 Å². The minimum Gasteiger partial charge on any atom is -0.425 e. The summed E-state index contributed by atoms with van der Waals surface area (Å²) < 4.78 is 163. The van der Waals surface area contributed by atoms with Gasteiger partial charge in [-0.15, -0.1) is 0 Å². The zero-order chi connectivity index (χ0) is 27.3. The third-order valence-electron chi connectivity index (χ3n) is 4.99. The van der Waals surface area contributed by atoms with E-state index < -0.39 is 42.9 Å². The Bertz CT molecular complexity index is 786. The first-order valence-electron chi connectivity index (χ1n) is 10.0. The predicted molar refractivity (Wildman–Crippen MR) is 102 cm³/mol. The van der Waals surface area contributed by atoms with Gasteiger partial charge in [0.05, 0.1) is 26.2 Å². The summed E-state index contributed by atoms with van der Waals surface area (Å²) in [5.74, 6) is 0. The van der Waals surface area contributed by atoms with E-state index in [4.69, 9.17) is 0 Å². The SMILES string of the molecule is CCCC[N+]1(CCCC)CCCC1.O=S(=O)([N-]S(=O)(=O)C(F)(F)C(F)(F)F)C(F)(F)C(F)(F)F. The molecule has 1 rings (SSSR count). The maximum atomic E-state index is 12.3. The Kier molecular flexibility index (Phi) is 11.2. The summed E-state index contributed by atoms with van der Waals surface area (Å²) in [4.78, 5) is 0. The Morgan fingerprint density at radius 1 is 0.647 bits per heavy atom. The van der Waals surface area contributed by atoms with Crippen LogP contribution in [0.3, 0.4) is 0 Å². The van der Waals surface area contributed by atoms with Crippen LogP contribution in [0.2, 0.25) is 0 Å². The average Bonchev–Trinajstić information content (AvgIpc) is 3.11. The van der Waals surface area contributed by atoms with Crippen LogP contribution in [0, 0.1) is 0 Å². The predicted octanol–water partition coefficient (Wildman–Crippen LogP) is 5.53. The number of hydrogen-bond acceptors (Lipinski definition) is 4. The summed E-state index contributed by atoms with van der Waals surface area (Å²) >= 11 is 0. The monoisotopic (exact) mass is 564 g/mol. The van der Waals surface area contributed by atoms with Crippen LogP contribution in [0.15, 0.2) is 0 Å². The molecular formula is C16H26F10N2O4S2. The second-order valence-corrected chi connectivity index (χ2v) is 11.2. The van der Waals surface area contributed by atoms with Gasteiger partial charge in [-0.25, -0.2) is 16.8 Å². The Morgan fingerprint density at radius 2 is 0.941 bits per heavy atom. The highest BCUT2D eigenvalue weighted by atomic mass is 32.3. The van der Waals surface area contributed by atoms with Crippen molar-refractivity contribution in [3.63, 3.8) is 0 Å². The fraction of sp³-hybridized carbons (Fsp3) is 1.00. The third kappa shape index (κ3) is 7.81. The largest absolute Gasteiger partial charge is 0.467 e. The maximum Gasteiger partial charge on any atom is 0.467 e. The van der Waals surface area contributed by atoms with Crippen molar-refractivity contribution in [3.05, 3.63) is 4.13 Å². The molecule has 1 saturated heterocycles. The number of halogens is 10. The van der Waals surface area contributed by atoms with E-state index in [1.165, 1.54) is 69.2 Å². The van der Waals surface area contributed by atoms with Crippen molar-refractivity contribution in [2.45, 2.75) is 75.2 Å². The van der Waals surface area contributed by atoms with Crippen LogP contribution >= 0.6 is 0 Å². The molecule has 0 radical (unpaired) electrons. The molecule has 0 aromatic heterocycles. The minimum absolute atomic E-state index is 0.422. The standard InChI is InChI=1S/C12H26N.C4F10NO4S2/c1-3-5-9-13(10-6-4-2)11-7-8-12-13;5-1(6,7)3(11,12)20(16,17)15-21(18,19)4(13,14)2(8,9)10/h3-12H2,1-2H3;/q+1;-1. The highest BCUT2D eigenvalue weighted by molar-refractivity contribution is 8.13. The molecular weight excluding hydrogens is 538 g/mol. The van der Waals surface area contributed by atoms with Gasteiger partial charge in [-0.05, 0) is 12.8 Å². The van der Waals surface area contributed by atoms with E-state index in [9.17, 15) is 60.7 Å². The number of quaternary nitrogens is 1. The molecule has 0 saturated carbocycles. The van der Waals surface area contributed by atoms with E-state index in [0.717, 1.165) is 0 Å². The molecule has 0 unspecified atom stereocenters. The van der Waals surface area contributed by atoms with Crippen molar-refractivity contribution in [2.24, 2.45) is 0 Å². The van der Waals surface area contributed by atoms with Gasteiger partial charge in [0, 0.05) is 12.8 Å². The van der Waals surface area contributed by atoms with Crippen molar-refractivity contribution in [1.82, 2.24) is 0 Å². The minimum atomic E-state index is -7.62. The molecule has 0 bridgehead atoms. The zero-order valence-electron chi connectivity index (χ0n) is 18.2. The molecule has 1 aliphatic rings. The van der Waals surface area contributed by atoms with E-state index in [2.05, 4.69) is 13.8 Å². The lowest BCUT2D eigenvalue weighted by molar-refractivity contribution is -0.917. The van der Waals surface area contributed by atoms with Crippen molar-refractivity contribution >= 4 is 20.0 Å². The zero-order valence-corrected chi connectivity index (χ0v) is 19.8. The van der Waals surface area contributed by atoms with Gasteiger partial charge in [-0.3, -0.25) is 0 Å². The van der Waals surface area contributed by atoms with E-state index in [-0.39, 0.29) is 0 Å². The normalized spacial score (nSPS) is 17.9. The Balaban J connectivity index is 0.000000712. The molecule has 0 aromatic rings. The quantitative estimate of drug-likeness (QED) is 0.258. The average molecular weight is 565 g/mol. The Labute approximate surface area is 191 Å². The second-order valence-electron chi connectivity index (χ2n) is 7.70. The Hall–Kier alpha value is -0.880. The summed E-state index contributed by atoms with van der Waals surface area (Å²) in [6.07, 6.45) is -5.44. The molecule has 0 N–H and O–H groups in total. The molecule has 6 nitrogen and oxygen atoms in total. The van der Waals surface area contributed by atoms with E-state index in [1.54, 1.807) is 0 Å². The molecule has 0 amide bonds. The molecule has 34 heavy (non-hydrogen) atoms. The van der Waals surface area contributed by atoms with Gasteiger partial charge in [-0.2, -0.15) is 43.9 Å². The van der Waals surface area contributed by atoms with Crippen molar-refractivity contribution in [2.75, 3.05) is 26.2 Å². The van der Waals surface area contributed by atoms with Crippen molar-refractivity contribution < 1.29 is 65.2 Å². The molecule has 0 spiro atoms. The van der Waals surface area contributed by atoms with Gasteiger partial charge in [0.1, 0.15) is 0 Å². The fourth-order valence-electron chi connectivity index (χ4n) is 3.07. The molecule has 0 aromatic carbocycles. The lowest BCUT2D eigenvalue weighted by Crippen LogP contribution is -2.48. The van der Waals surface area contributed by atoms with Crippen molar-refractivity contribution in [1.29, 1.82) is 0 Å². The molecule has 206 valence electrons. The number of unbranched alkanes of at least 4 members (excludes halogenated alkanes) is 2. The van der Waals surface area contributed by atoms with Gasteiger partial charge in [0.25, 0.3) is 0 Å². The first-order valence-corrected chi connectivity index (χ1v) is 12.9. The van der Waals surface area contributed by atoms with Crippen LogP contribution in [0.25, 0.3) is 4.13 Å². The molecule has 0 aliphatic carbocycles. The van der Waals surface area contributed by atoms with Gasteiger partial charge < -0.3 is 8.61 Å². The van der Waals surface area contributed by atoms with Gasteiger partial charge >= 0.3 is 22.9 Å². The maximum absolute atomic E-state index is 12.3. The fourth-order valence-corrected chi connectivity index (χ4v) is 5.43. The second kappa shape index (κ2) is 11.5. The number of nitrogens with zero attached hydrogens (tertiary/aromatic N) is 2. The number of sulfonamides is 2. The lowest BCUT2D eigenvalue weighted by atomic mass is 10.2. The van der Waals surface area contributed by atoms with Crippen LogP contribution in [0.5, 0.6) is 0 Å². The van der Waals surface area contributed by atoms with E-state index in [1.807, 2.05) is 0 Å². The van der Waals surface area contributed by atoms with Crippen LogP contribution in [0.4, 0.5) is 43.9 Å². The first-order chi connectivity index (χ1) is 15.0. The van der Waals surface area contributed by atoms with E-state index >= 15 is 0 Å². The molecule has 18 heteroatoms. The molecule has 1 aliphatic heterocycles. The Morgan fingerprint density at radius 3 is 1.18 bits per heavy atom. The number of hydrogen-bond donors (Lipinski definition) is 0. The summed E-state index contributed by atoms with van der Waals surface area (Å²) in [5, 5.41) is -14.0. The smallest absolute Gasteiger partial charge is 0.425 e. The summed E-state index contributed by atoms with van der Waals surface area (Å²) in [6.45, 7) is 10.5. The number of alkyl halides is 10. The summed E-state index contributed by atoms with van der Waals surface area (Å²) in [6, 6.07) is 0. The van der Waals surface area contributed by atoms with Crippen LogP contribution in [-0.2, 0) is 20.0 Å². The third-order valence-corrected chi connectivity index (χ3v) is 8.32.